The highest BCUT2D eigenvalue weighted by Gasteiger charge is 2.10. The Kier molecular flexibility index (Phi) is 4.80. The van der Waals surface area contributed by atoms with Gasteiger partial charge in [-0.2, -0.15) is 0 Å². The summed E-state index contributed by atoms with van der Waals surface area (Å²) in [6.45, 7) is 6.41. The molecule has 0 aliphatic carbocycles. The van der Waals surface area contributed by atoms with Crippen molar-refractivity contribution in [3.8, 4) is 0 Å². The Morgan fingerprint density at radius 1 is 1.30 bits per heavy atom. The number of aryl methyl sites for hydroxylation is 1. The molecule has 0 aliphatic rings. The summed E-state index contributed by atoms with van der Waals surface area (Å²) in [5, 5.41) is 0. The molecule has 0 radical (unpaired) electrons. The van der Waals surface area contributed by atoms with Crippen LogP contribution >= 0.6 is 22.9 Å². The average Bonchev–Trinajstić information content (AvgIpc) is 2.93. The first-order valence-corrected chi connectivity index (χ1v) is 8.70. The number of fused-ring (bicyclic) bond motifs is 1. The van der Waals surface area contributed by atoms with Crippen molar-refractivity contribution in [1.29, 1.82) is 0 Å². The van der Waals surface area contributed by atoms with E-state index in [9.17, 15) is 4.79 Å². The highest BCUT2D eigenvalue weighted by Crippen LogP contribution is 2.23. The lowest BCUT2D eigenvalue weighted by Crippen LogP contribution is -2.25. The van der Waals surface area contributed by atoms with Crippen molar-refractivity contribution in [1.82, 2.24) is 14.3 Å². The maximum Gasteiger partial charge on any atom is 0.258 e. The first kappa shape index (κ1) is 16.2. The second-order valence-corrected chi connectivity index (χ2v) is 7.28. The van der Waals surface area contributed by atoms with Gasteiger partial charge in [0.05, 0.1) is 10.0 Å². The van der Waals surface area contributed by atoms with Crippen molar-refractivity contribution in [3.63, 3.8) is 0 Å². The quantitative estimate of drug-likeness (QED) is 0.705. The van der Waals surface area contributed by atoms with E-state index in [1.807, 2.05) is 31.2 Å². The number of hydrogen-bond acceptors (Lipinski definition) is 4. The third-order valence-electron chi connectivity index (χ3n) is 3.78. The smallest absolute Gasteiger partial charge is 0.258 e. The fraction of sp³-hybridized carbons (Fsp3) is 0.294. The number of hydrogen-bond donors (Lipinski definition) is 0. The van der Waals surface area contributed by atoms with Gasteiger partial charge < -0.3 is 0 Å². The molecule has 0 bridgehead atoms. The van der Waals surface area contributed by atoms with Crippen molar-refractivity contribution in [2.24, 2.45) is 0 Å². The van der Waals surface area contributed by atoms with E-state index in [0.29, 0.717) is 6.54 Å². The van der Waals surface area contributed by atoms with Gasteiger partial charge in [-0.05, 0) is 37.2 Å². The molecule has 120 valence electrons. The van der Waals surface area contributed by atoms with E-state index >= 15 is 0 Å². The van der Waals surface area contributed by atoms with Gasteiger partial charge in [-0.15, -0.1) is 11.3 Å². The molecular formula is C17H18ClN3OS. The highest BCUT2D eigenvalue weighted by molar-refractivity contribution is 7.16. The Hall–Kier alpha value is -1.69. The van der Waals surface area contributed by atoms with Crippen LogP contribution in [0.2, 0.25) is 4.34 Å². The van der Waals surface area contributed by atoms with Gasteiger partial charge in [0.25, 0.3) is 5.56 Å². The summed E-state index contributed by atoms with van der Waals surface area (Å²) >= 11 is 7.58. The van der Waals surface area contributed by atoms with Crippen molar-refractivity contribution in [3.05, 3.63) is 67.4 Å². The number of nitrogens with zero attached hydrogens (tertiary/aromatic N) is 3. The van der Waals surface area contributed by atoms with E-state index in [-0.39, 0.29) is 5.56 Å². The van der Waals surface area contributed by atoms with Crippen LogP contribution in [0.25, 0.3) is 5.65 Å². The van der Waals surface area contributed by atoms with Gasteiger partial charge in [-0.1, -0.05) is 24.6 Å². The molecule has 3 rings (SSSR count). The molecule has 0 saturated heterocycles. The first-order chi connectivity index (χ1) is 11.1. The third kappa shape index (κ3) is 3.63. The molecule has 3 aromatic rings. The van der Waals surface area contributed by atoms with Gasteiger partial charge in [0, 0.05) is 30.2 Å². The number of halogens is 1. The number of rotatable bonds is 5. The lowest BCUT2D eigenvalue weighted by atomic mass is 10.2. The lowest BCUT2D eigenvalue weighted by Gasteiger charge is -2.19. The summed E-state index contributed by atoms with van der Waals surface area (Å²) in [5.41, 5.74) is 2.49. The summed E-state index contributed by atoms with van der Waals surface area (Å²) in [7, 11) is 0. The third-order valence-corrected chi connectivity index (χ3v) is 5.00. The van der Waals surface area contributed by atoms with Crippen LogP contribution in [-0.4, -0.2) is 20.8 Å². The van der Waals surface area contributed by atoms with Crippen molar-refractivity contribution >= 4 is 28.6 Å². The van der Waals surface area contributed by atoms with Crippen molar-refractivity contribution in [2.45, 2.75) is 26.9 Å². The molecule has 0 aromatic carbocycles. The van der Waals surface area contributed by atoms with E-state index in [4.69, 9.17) is 11.6 Å². The van der Waals surface area contributed by atoms with Crippen LogP contribution in [0, 0.1) is 6.92 Å². The SMILES string of the molecule is CCN(Cc1cc(=O)n2cccc(C)c2n1)Cc1ccc(Cl)s1. The normalized spacial score (nSPS) is 11.5. The highest BCUT2D eigenvalue weighted by atomic mass is 35.5. The van der Waals surface area contributed by atoms with Crippen LogP contribution in [0.1, 0.15) is 23.1 Å². The molecule has 0 amide bonds. The maximum atomic E-state index is 12.3. The van der Waals surface area contributed by atoms with Gasteiger partial charge in [-0.25, -0.2) is 4.98 Å². The van der Waals surface area contributed by atoms with E-state index in [1.54, 1.807) is 28.0 Å². The molecule has 23 heavy (non-hydrogen) atoms. The molecule has 0 saturated carbocycles. The molecule has 0 N–H and O–H groups in total. The predicted molar refractivity (Wildman–Crippen MR) is 95.3 cm³/mol. The van der Waals surface area contributed by atoms with E-state index in [0.717, 1.165) is 34.3 Å². The zero-order valence-electron chi connectivity index (χ0n) is 13.1. The minimum absolute atomic E-state index is 0.0380. The van der Waals surface area contributed by atoms with Gasteiger partial charge >= 0.3 is 0 Å². The lowest BCUT2D eigenvalue weighted by molar-refractivity contribution is 0.270. The summed E-state index contributed by atoms with van der Waals surface area (Å²) in [4.78, 5) is 20.4. The standard InChI is InChI=1S/C17H18ClN3OS/c1-3-20(11-14-6-7-15(18)23-14)10-13-9-16(22)21-8-4-5-12(2)17(21)19-13/h4-9H,3,10-11H2,1-2H3. The van der Waals surface area contributed by atoms with Crippen LogP contribution in [0.5, 0.6) is 0 Å². The predicted octanol–water partition coefficient (Wildman–Crippen LogP) is 3.74. The minimum atomic E-state index is -0.0380. The van der Waals surface area contributed by atoms with Gasteiger partial charge in [-0.3, -0.25) is 14.1 Å². The molecule has 3 heterocycles. The topological polar surface area (TPSA) is 37.6 Å². The maximum absolute atomic E-state index is 12.3. The molecule has 0 spiro atoms. The fourth-order valence-electron chi connectivity index (χ4n) is 2.56. The summed E-state index contributed by atoms with van der Waals surface area (Å²) < 4.78 is 2.39. The molecule has 0 fully saturated rings. The van der Waals surface area contributed by atoms with Gasteiger partial charge in [0.2, 0.25) is 0 Å². The largest absolute Gasteiger partial charge is 0.293 e. The number of pyridine rings is 1. The Morgan fingerprint density at radius 2 is 2.13 bits per heavy atom. The molecule has 6 heteroatoms. The van der Waals surface area contributed by atoms with Crippen LogP contribution in [0.3, 0.4) is 0 Å². The van der Waals surface area contributed by atoms with Crippen LogP contribution < -0.4 is 5.56 Å². The Bertz CT molecular complexity index is 887. The van der Waals surface area contributed by atoms with E-state index in [1.165, 1.54) is 4.88 Å². The molecule has 3 aromatic heterocycles. The first-order valence-electron chi connectivity index (χ1n) is 7.51. The van der Waals surface area contributed by atoms with Crippen LogP contribution in [0.15, 0.2) is 41.3 Å². The Labute approximate surface area is 144 Å². The minimum Gasteiger partial charge on any atom is -0.293 e. The zero-order valence-corrected chi connectivity index (χ0v) is 14.7. The van der Waals surface area contributed by atoms with E-state index in [2.05, 4.69) is 16.8 Å². The second kappa shape index (κ2) is 6.83. The van der Waals surface area contributed by atoms with E-state index < -0.39 is 0 Å². The molecule has 4 nitrogen and oxygen atoms in total. The number of aromatic nitrogens is 2. The average molecular weight is 348 g/mol. The van der Waals surface area contributed by atoms with Crippen molar-refractivity contribution < 1.29 is 0 Å². The summed E-state index contributed by atoms with van der Waals surface area (Å²) in [6.07, 6.45) is 1.76. The number of thiophene rings is 1. The monoisotopic (exact) mass is 347 g/mol. The molecule has 0 atom stereocenters. The fourth-order valence-corrected chi connectivity index (χ4v) is 3.69. The summed E-state index contributed by atoms with van der Waals surface area (Å²) in [5.74, 6) is 0. The van der Waals surface area contributed by atoms with Crippen LogP contribution in [0.4, 0.5) is 0 Å². The van der Waals surface area contributed by atoms with Gasteiger partial charge in [0.15, 0.2) is 0 Å². The second-order valence-electron chi connectivity index (χ2n) is 5.48. The molecular weight excluding hydrogens is 330 g/mol. The molecule has 0 aliphatic heterocycles. The van der Waals surface area contributed by atoms with Crippen molar-refractivity contribution in [2.75, 3.05) is 6.54 Å². The summed E-state index contributed by atoms with van der Waals surface area (Å²) in [6, 6.07) is 9.42. The molecule has 0 unspecified atom stereocenters. The Morgan fingerprint density at radius 3 is 2.83 bits per heavy atom. The van der Waals surface area contributed by atoms with Crippen LogP contribution in [-0.2, 0) is 13.1 Å². The van der Waals surface area contributed by atoms with Gasteiger partial charge in [0.1, 0.15) is 5.65 Å². The Balaban J connectivity index is 1.87. The zero-order chi connectivity index (χ0) is 16.4.